The van der Waals surface area contributed by atoms with Crippen LogP contribution < -0.4 is 9.47 Å². The second-order valence-electron chi connectivity index (χ2n) is 5.46. The zero-order valence-electron chi connectivity index (χ0n) is 13.7. The maximum atomic E-state index is 12.1. The average Bonchev–Trinajstić information content (AvgIpc) is 2.51. The molecule has 0 aliphatic carbocycles. The van der Waals surface area contributed by atoms with E-state index < -0.39 is 0 Å². The predicted octanol–water partition coefficient (Wildman–Crippen LogP) is 3.16. The quantitative estimate of drug-likeness (QED) is 0.757. The molecule has 1 aromatic carbocycles. The Hall–Kier alpha value is -1.81. The Morgan fingerprint density at radius 2 is 2.09 bits per heavy atom. The molecule has 0 amide bonds. The number of ether oxygens (including phenoxy) is 2. The smallest absolute Gasteiger partial charge is 0.161 e. The SMILES string of the molecule is CCCN1CCC(=O)/C(=C/c2ccc(OC)c(OCC)c2)C1. The van der Waals surface area contributed by atoms with Crippen LogP contribution in [-0.4, -0.2) is 44.0 Å². The summed E-state index contributed by atoms with van der Waals surface area (Å²) in [6.07, 6.45) is 3.70. The van der Waals surface area contributed by atoms with Gasteiger partial charge in [0.15, 0.2) is 17.3 Å². The van der Waals surface area contributed by atoms with Crippen molar-refractivity contribution in [1.82, 2.24) is 4.90 Å². The highest BCUT2D eigenvalue weighted by atomic mass is 16.5. The molecule has 0 bridgehead atoms. The molecule has 22 heavy (non-hydrogen) atoms. The number of hydrogen-bond donors (Lipinski definition) is 0. The van der Waals surface area contributed by atoms with Crippen LogP contribution in [0.25, 0.3) is 6.08 Å². The third-order valence-electron chi connectivity index (χ3n) is 3.78. The second-order valence-corrected chi connectivity index (χ2v) is 5.46. The zero-order chi connectivity index (χ0) is 15.9. The van der Waals surface area contributed by atoms with Gasteiger partial charge >= 0.3 is 0 Å². The van der Waals surface area contributed by atoms with E-state index in [1.54, 1.807) is 7.11 Å². The minimum absolute atomic E-state index is 0.251. The van der Waals surface area contributed by atoms with Crippen LogP contribution >= 0.6 is 0 Å². The molecule has 0 saturated carbocycles. The van der Waals surface area contributed by atoms with Crippen molar-refractivity contribution in [1.29, 1.82) is 0 Å². The molecule has 0 atom stereocenters. The van der Waals surface area contributed by atoms with E-state index in [9.17, 15) is 4.79 Å². The van der Waals surface area contributed by atoms with Gasteiger partial charge in [0, 0.05) is 25.1 Å². The lowest BCUT2D eigenvalue weighted by atomic mass is 10.00. The summed E-state index contributed by atoms with van der Waals surface area (Å²) in [4.78, 5) is 14.5. The Balaban J connectivity index is 2.22. The van der Waals surface area contributed by atoms with E-state index in [1.165, 1.54) is 0 Å². The molecule has 1 aliphatic heterocycles. The highest BCUT2D eigenvalue weighted by Gasteiger charge is 2.20. The van der Waals surface area contributed by atoms with Crippen molar-refractivity contribution < 1.29 is 14.3 Å². The van der Waals surface area contributed by atoms with E-state index in [2.05, 4.69) is 11.8 Å². The number of nitrogens with zero attached hydrogens (tertiary/aromatic N) is 1. The van der Waals surface area contributed by atoms with Crippen molar-refractivity contribution in [3.63, 3.8) is 0 Å². The molecule has 4 nitrogen and oxygen atoms in total. The first-order valence-electron chi connectivity index (χ1n) is 7.94. The highest BCUT2D eigenvalue weighted by molar-refractivity contribution is 6.00. The Morgan fingerprint density at radius 1 is 1.27 bits per heavy atom. The summed E-state index contributed by atoms with van der Waals surface area (Å²) >= 11 is 0. The normalized spacial score (nSPS) is 17.8. The molecule has 4 heteroatoms. The van der Waals surface area contributed by atoms with Gasteiger partial charge in [0.25, 0.3) is 0 Å². The van der Waals surface area contributed by atoms with Crippen molar-refractivity contribution in [2.75, 3.05) is 33.4 Å². The molecule has 120 valence electrons. The number of Topliss-reactive ketones (excluding diaryl/α,β-unsaturated/α-hetero) is 1. The topological polar surface area (TPSA) is 38.8 Å². The molecule has 2 rings (SSSR count). The number of piperidine rings is 1. The molecule has 1 aromatic rings. The fourth-order valence-corrected chi connectivity index (χ4v) is 2.71. The first-order chi connectivity index (χ1) is 10.7. The summed E-state index contributed by atoms with van der Waals surface area (Å²) in [5.74, 6) is 1.68. The number of hydrogen-bond acceptors (Lipinski definition) is 4. The maximum Gasteiger partial charge on any atom is 0.161 e. The van der Waals surface area contributed by atoms with Gasteiger partial charge in [0.1, 0.15) is 0 Å². The van der Waals surface area contributed by atoms with Crippen LogP contribution in [0.5, 0.6) is 11.5 Å². The Bertz CT molecular complexity index is 551. The maximum absolute atomic E-state index is 12.1. The molecular formula is C18H25NO3. The van der Waals surface area contributed by atoms with Gasteiger partial charge < -0.3 is 9.47 Å². The lowest BCUT2D eigenvalue weighted by molar-refractivity contribution is -0.117. The minimum atomic E-state index is 0.251. The third kappa shape index (κ3) is 4.10. The Kier molecular flexibility index (Phi) is 6.01. The van der Waals surface area contributed by atoms with Crippen LogP contribution in [0.3, 0.4) is 0 Å². The number of benzene rings is 1. The summed E-state index contributed by atoms with van der Waals surface area (Å²) in [6, 6.07) is 5.77. The van der Waals surface area contributed by atoms with Crippen LogP contribution in [0.1, 0.15) is 32.3 Å². The van der Waals surface area contributed by atoms with Crippen molar-refractivity contribution in [2.24, 2.45) is 0 Å². The van der Waals surface area contributed by atoms with Crippen molar-refractivity contribution >= 4 is 11.9 Å². The Morgan fingerprint density at radius 3 is 2.77 bits per heavy atom. The molecule has 0 unspecified atom stereocenters. The van der Waals surface area contributed by atoms with E-state index in [4.69, 9.17) is 9.47 Å². The van der Waals surface area contributed by atoms with E-state index in [0.717, 1.165) is 37.2 Å². The fourth-order valence-electron chi connectivity index (χ4n) is 2.71. The summed E-state index contributed by atoms with van der Waals surface area (Å²) in [6.45, 7) is 7.34. The number of carbonyl (C=O) groups excluding carboxylic acids is 1. The largest absolute Gasteiger partial charge is 0.493 e. The second kappa shape index (κ2) is 7.99. The number of carbonyl (C=O) groups is 1. The number of methoxy groups -OCH3 is 1. The van der Waals surface area contributed by atoms with E-state index >= 15 is 0 Å². The van der Waals surface area contributed by atoms with Crippen LogP contribution in [-0.2, 0) is 4.79 Å². The first kappa shape index (κ1) is 16.6. The molecule has 0 radical (unpaired) electrons. The molecule has 1 saturated heterocycles. The van der Waals surface area contributed by atoms with Gasteiger partial charge in [-0.05, 0) is 43.7 Å². The standard InChI is InChI=1S/C18H25NO3/c1-4-9-19-10-8-16(20)15(13-19)11-14-6-7-17(21-3)18(12-14)22-5-2/h6-7,11-12H,4-5,8-10,13H2,1-3H3/b15-11+. The van der Waals surface area contributed by atoms with Gasteiger partial charge in [0.2, 0.25) is 0 Å². The average molecular weight is 303 g/mol. The van der Waals surface area contributed by atoms with Gasteiger partial charge in [-0.2, -0.15) is 0 Å². The fraction of sp³-hybridized carbons (Fsp3) is 0.500. The van der Waals surface area contributed by atoms with Crippen molar-refractivity contribution in [3.05, 3.63) is 29.3 Å². The minimum Gasteiger partial charge on any atom is -0.493 e. The molecule has 1 aliphatic rings. The lowest BCUT2D eigenvalue weighted by Gasteiger charge is -2.27. The summed E-state index contributed by atoms with van der Waals surface area (Å²) < 4.78 is 10.9. The predicted molar refractivity (Wildman–Crippen MR) is 88.5 cm³/mol. The van der Waals surface area contributed by atoms with Crippen LogP contribution in [0.15, 0.2) is 23.8 Å². The molecule has 0 spiro atoms. The number of likely N-dealkylation sites (tertiary alicyclic amines) is 1. The molecule has 0 aromatic heterocycles. The Labute approximate surface area is 132 Å². The number of ketones is 1. The summed E-state index contributed by atoms with van der Waals surface area (Å²) in [5.41, 5.74) is 1.86. The molecular weight excluding hydrogens is 278 g/mol. The number of rotatable bonds is 6. The van der Waals surface area contributed by atoms with Gasteiger partial charge in [-0.1, -0.05) is 13.0 Å². The van der Waals surface area contributed by atoms with E-state index in [0.29, 0.717) is 24.5 Å². The van der Waals surface area contributed by atoms with E-state index in [-0.39, 0.29) is 5.78 Å². The monoisotopic (exact) mass is 303 g/mol. The van der Waals surface area contributed by atoms with Crippen molar-refractivity contribution in [3.8, 4) is 11.5 Å². The highest BCUT2D eigenvalue weighted by Crippen LogP contribution is 2.29. The molecule has 1 fully saturated rings. The van der Waals surface area contributed by atoms with Gasteiger partial charge in [-0.15, -0.1) is 0 Å². The summed E-state index contributed by atoms with van der Waals surface area (Å²) in [7, 11) is 1.63. The molecule has 1 heterocycles. The van der Waals surface area contributed by atoms with Crippen LogP contribution in [0.4, 0.5) is 0 Å². The van der Waals surface area contributed by atoms with Gasteiger partial charge in [0.05, 0.1) is 13.7 Å². The van der Waals surface area contributed by atoms with Crippen LogP contribution in [0, 0.1) is 0 Å². The third-order valence-corrected chi connectivity index (χ3v) is 3.78. The van der Waals surface area contributed by atoms with Crippen LogP contribution in [0.2, 0.25) is 0 Å². The molecule has 0 N–H and O–H groups in total. The zero-order valence-corrected chi connectivity index (χ0v) is 13.7. The first-order valence-corrected chi connectivity index (χ1v) is 7.94. The van der Waals surface area contributed by atoms with Crippen molar-refractivity contribution in [2.45, 2.75) is 26.7 Å². The van der Waals surface area contributed by atoms with Gasteiger partial charge in [-0.3, -0.25) is 9.69 Å². The van der Waals surface area contributed by atoms with Gasteiger partial charge in [-0.25, -0.2) is 0 Å². The summed E-state index contributed by atoms with van der Waals surface area (Å²) in [5, 5.41) is 0. The van der Waals surface area contributed by atoms with E-state index in [1.807, 2.05) is 31.2 Å². The lowest BCUT2D eigenvalue weighted by Crippen LogP contribution is -2.36.